The summed E-state index contributed by atoms with van der Waals surface area (Å²) in [7, 11) is 2.09. The lowest BCUT2D eigenvalue weighted by atomic mass is 10.1. The Morgan fingerprint density at radius 1 is 1.07 bits per heavy atom. The van der Waals surface area contributed by atoms with Crippen LogP contribution >= 0.6 is 11.6 Å². The maximum absolute atomic E-state index is 13.6. The van der Waals surface area contributed by atoms with Gasteiger partial charge in [0.1, 0.15) is 0 Å². The molecule has 1 unspecified atom stereocenters. The number of amides is 2. The minimum absolute atomic E-state index is 0.0583. The van der Waals surface area contributed by atoms with Crippen LogP contribution in [0.1, 0.15) is 17.3 Å². The lowest BCUT2D eigenvalue weighted by Crippen LogP contribution is -2.53. The molecule has 2 aromatic rings. The Hall–Kier alpha value is -2.41. The molecule has 1 saturated heterocycles. The standard InChI is InChI=1S/C21H23ClN4O2/c1-14(25-11-9-24(2)10-12-25)21(28)26-18-6-4-3-5-16(18)20(27)23-17-13-15(22)7-8-19(17)26/h3-8,13-14H,9-12H2,1-2H3,(H,23,27). The Labute approximate surface area is 169 Å². The van der Waals surface area contributed by atoms with Crippen molar-refractivity contribution < 1.29 is 9.59 Å². The van der Waals surface area contributed by atoms with E-state index in [0.717, 1.165) is 26.2 Å². The predicted molar refractivity (Wildman–Crippen MR) is 112 cm³/mol. The fraction of sp³-hybridized carbons (Fsp3) is 0.333. The summed E-state index contributed by atoms with van der Waals surface area (Å²) in [6, 6.07) is 12.1. The zero-order valence-corrected chi connectivity index (χ0v) is 16.7. The molecule has 28 heavy (non-hydrogen) atoms. The normalized spacial score (nSPS) is 18.7. The second-order valence-electron chi connectivity index (χ2n) is 7.32. The fourth-order valence-electron chi connectivity index (χ4n) is 3.77. The van der Waals surface area contributed by atoms with Gasteiger partial charge in [-0.3, -0.25) is 19.4 Å². The van der Waals surface area contributed by atoms with E-state index >= 15 is 0 Å². The zero-order valence-electron chi connectivity index (χ0n) is 16.0. The number of halogens is 1. The number of nitrogens with one attached hydrogen (secondary N) is 1. The SMILES string of the molecule is CC(C(=O)N1c2ccc(Cl)cc2NC(=O)c2ccccc21)N1CCN(C)CC1. The monoisotopic (exact) mass is 398 g/mol. The highest BCUT2D eigenvalue weighted by Crippen LogP contribution is 2.39. The van der Waals surface area contributed by atoms with Gasteiger partial charge in [0, 0.05) is 31.2 Å². The second kappa shape index (κ2) is 7.54. The van der Waals surface area contributed by atoms with Crippen LogP contribution in [0.4, 0.5) is 17.1 Å². The van der Waals surface area contributed by atoms with Gasteiger partial charge < -0.3 is 10.2 Å². The molecule has 1 atom stereocenters. The molecular weight excluding hydrogens is 376 g/mol. The highest BCUT2D eigenvalue weighted by Gasteiger charge is 2.34. The number of rotatable bonds is 2. The number of nitrogens with zero attached hydrogens (tertiary/aromatic N) is 3. The van der Waals surface area contributed by atoms with Gasteiger partial charge >= 0.3 is 0 Å². The quantitative estimate of drug-likeness (QED) is 0.844. The average molecular weight is 399 g/mol. The molecule has 0 radical (unpaired) electrons. The van der Waals surface area contributed by atoms with E-state index in [1.807, 2.05) is 19.1 Å². The first kappa shape index (κ1) is 18.9. The Morgan fingerprint density at radius 2 is 1.79 bits per heavy atom. The molecule has 0 aliphatic carbocycles. The smallest absolute Gasteiger partial charge is 0.257 e. The van der Waals surface area contributed by atoms with Gasteiger partial charge in [-0.1, -0.05) is 23.7 Å². The van der Waals surface area contributed by atoms with E-state index in [2.05, 4.69) is 22.2 Å². The minimum atomic E-state index is -0.307. The molecule has 1 fully saturated rings. The molecule has 2 aliphatic rings. The molecule has 146 valence electrons. The maximum Gasteiger partial charge on any atom is 0.257 e. The number of hydrogen-bond acceptors (Lipinski definition) is 4. The van der Waals surface area contributed by atoms with Crippen LogP contribution in [0.25, 0.3) is 0 Å². The van der Waals surface area contributed by atoms with Gasteiger partial charge in [0.25, 0.3) is 5.91 Å². The molecule has 0 saturated carbocycles. The highest BCUT2D eigenvalue weighted by molar-refractivity contribution is 6.31. The molecule has 1 N–H and O–H groups in total. The van der Waals surface area contributed by atoms with Crippen molar-refractivity contribution in [1.82, 2.24) is 9.80 Å². The molecule has 7 heteroatoms. The van der Waals surface area contributed by atoms with E-state index in [0.29, 0.717) is 27.6 Å². The average Bonchev–Trinajstić information content (AvgIpc) is 2.81. The van der Waals surface area contributed by atoms with Crippen LogP contribution in [-0.4, -0.2) is 60.9 Å². The van der Waals surface area contributed by atoms with Crippen molar-refractivity contribution in [2.45, 2.75) is 13.0 Å². The van der Waals surface area contributed by atoms with Gasteiger partial charge in [-0.2, -0.15) is 0 Å². The van der Waals surface area contributed by atoms with Crippen LogP contribution in [-0.2, 0) is 4.79 Å². The third-order valence-electron chi connectivity index (χ3n) is 5.50. The fourth-order valence-corrected chi connectivity index (χ4v) is 3.95. The van der Waals surface area contributed by atoms with Crippen LogP contribution < -0.4 is 10.2 Å². The highest BCUT2D eigenvalue weighted by atomic mass is 35.5. The Kier molecular flexibility index (Phi) is 5.10. The summed E-state index contributed by atoms with van der Waals surface area (Å²) < 4.78 is 0. The number of carbonyl (C=O) groups is 2. The van der Waals surface area contributed by atoms with Gasteiger partial charge in [-0.05, 0) is 44.3 Å². The van der Waals surface area contributed by atoms with Crippen molar-refractivity contribution in [2.24, 2.45) is 0 Å². The van der Waals surface area contributed by atoms with Crippen molar-refractivity contribution in [1.29, 1.82) is 0 Å². The summed E-state index contributed by atoms with van der Waals surface area (Å²) in [4.78, 5) is 32.5. The molecule has 6 nitrogen and oxygen atoms in total. The summed E-state index contributed by atoms with van der Waals surface area (Å²) in [5.74, 6) is -0.307. The number of hydrogen-bond donors (Lipinski definition) is 1. The molecule has 0 aromatic heterocycles. The molecule has 0 bridgehead atoms. The number of benzene rings is 2. The number of piperazine rings is 1. The number of likely N-dealkylation sites (N-methyl/N-ethyl adjacent to an activating group) is 1. The predicted octanol–water partition coefficient (Wildman–Crippen LogP) is 3.21. The van der Waals surface area contributed by atoms with Gasteiger partial charge in [0.2, 0.25) is 5.91 Å². The first-order valence-corrected chi connectivity index (χ1v) is 9.80. The van der Waals surface area contributed by atoms with Gasteiger partial charge in [0.15, 0.2) is 0 Å². The van der Waals surface area contributed by atoms with Crippen LogP contribution in [0.15, 0.2) is 42.5 Å². The number of anilines is 3. The summed E-state index contributed by atoms with van der Waals surface area (Å²) >= 11 is 6.15. The van der Waals surface area contributed by atoms with E-state index in [4.69, 9.17) is 11.6 Å². The third-order valence-corrected chi connectivity index (χ3v) is 5.74. The maximum atomic E-state index is 13.6. The Morgan fingerprint density at radius 3 is 2.54 bits per heavy atom. The third kappa shape index (κ3) is 3.39. The van der Waals surface area contributed by atoms with Crippen LogP contribution in [0, 0.1) is 0 Å². The largest absolute Gasteiger partial charge is 0.320 e. The molecular formula is C21H23ClN4O2. The van der Waals surface area contributed by atoms with Crippen molar-refractivity contribution in [3.05, 3.63) is 53.1 Å². The Balaban J connectivity index is 1.77. The van der Waals surface area contributed by atoms with E-state index in [1.54, 1.807) is 35.2 Å². The van der Waals surface area contributed by atoms with Crippen molar-refractivity contribution in [2.75, 3.05) is 43.4 Å². The summed E-state index contributed by atoms with van der Waals surface area (Å²) in [6.45, 7) is 5.47. The van der Waals surface area contributed by atoms with Gasteiger partial charge in [-0.25, -0.2) is 0 Å². The Bertz CT molecular complexity index is 924. The van der Waals surface area contributed by atoms with E-state index in [-0.39, 0.29) is 17.9 Å². The topological polar surface area (TPSA) is 55.9 Å². The molecule has 2 aliphatic heterocycles. The van der Waals surface area contributed by atoms with Crippen LogP contribution in [0.5, 0.6) is 0 Å². The minimum Gasteiger partial charge on any atom is -0.320 e. The van der Waals surface area contributed by atoms with Gasteiger partial charge in [-0.15, -0.1) is 0 Å². The van der Waals surface area contributed by atoms with E-state index < -0.39 is 0 Å². The van der Waals surface area contributed by atoms with Crippen molar-refractivity contribution in [3.8, 4) is 0 Å². The van der Waals surface area contributed by atoms with Gasteiger partial charge in [0.05, 0.1) is 28.7 Å². The van der Waals surface area contributed by atoms with Crippen molar-refractivity contribution in [3.63, 3.8) is 0 Å². The number of carbonyl (C=O) groups excluding carboxylic acids is 2. The molecule has 0 spiro atoms. The van der Waals surface area contributed by atoms with Crippen LogP contribution in [0.2, 0.25) is 5.02 Å². The molecule has 2 amide bonds. The van der Waals surface area contributed by atoms with Crippen LogP contribution in [0.3, 0.4) is 0 Å². The lowest BCUT2D eigenvalue weighted by molar-refractivity contribution is -0.123. The van der Waals surface area contributed by atoms with Crippen molar-refractivity contribution >= 4 is 40.5 Å². The lowest BCUT2D eigenvalue weighted by Gasteiger charge is -2.37. The first-order valence-electron chi connectivity index (χ1n) is 9.42. The van der Waals surface area contributed by atoms with E-state index in [1.165, 1.54) is 0 Å². The molecule has 2 aromatic carbocycles. The summed E-state index contributed by atoms with van der Waals surface area (Å²) in [5, 5.41) is 3.40. The first-order chi connectivity index (χ1) is 13.5. The van der Waals surface area contributed by atoms with E-state index in [9.17, 15) is 9.59 Å². The summed E-state index contributed by atoms with van der Waals surface area (Å²) in [6.07, 6.45) is 0. The summed E-state index contributed by atoms with van der Waals surface area (Å²) in [5.41, 5.74) is 2.22. The number of fused-ring (bicyclic) bond motifs is 2. The zero-order chi connectivity index (χ0) is 19.8. The molecule has 4 rings (SSSR count). The second-order valence-corrected chi connectivity index (χ2v) is 7.76. The number of para-hydroxylation sites is 1. The molecule has 2 heterocycles.